The molecule has 5 heteroatoms. The van der Waals surface area contributed by atoms with Gasteiger partial charge in [-0.3, -0.25) is 4.79 Å². The number of carbonyl (C=O) groups excluding carboxylic acids is 1. The molecule has 2 aromatic carbocycles. The highest BCUT2D eigenvalue weighted by atomic mass is 19.1. The minimum absolute atomic E-state index is 0.119. The summed E-state index contributed by atoms with van der Waals surface area (Å²) in [7, 11) is 1.54. The largest absolute Gasteiger partial charge is 0.493 e. The van der Waals surface area contributed by atoms with Crippen LogP contribution in [0.15, 0.2) is 48.5 Å². The average Bonchev–Trinajstić information content (AvgIpc) is 2.53. The number of carbonyl (C=O) groups is 1. The Morgan fingerprint density at radius 3 is 2.41 bits per heavy atom. The van der Waals surface area contributed by atoms with Gasteiger partial charge in [-0.15, -0.1) is 0 Å². The molecule has 1 amide bonds. The van der Waals surface area contributed by atoms with Crippen molar-refractivity contribution in [2.75, 3.05) is 13.7 Å². The van der Waals surface area contributed by atoms with E-state index in [2.05, 4.69) is 5.32 Å². The third kappa shape index (κ3) is 4.22. The van der Waals surface area contributed by atoms with Crippen molar-refractivity contribution in [3.63, 3.8) is 0 Å². The van der Waals surface area contributed by atoms with E-state index in [1.807, 2.05) is 13.0 Å². The van der Waals surface area contributed by atoms with Gasteiger partial charge in [-0.1, -0.05) is 24.3 Å². The summed E-state index contributed by atoms with van der Waals surface area (Å²) in [6.07, 6.45) is 0. The monoisotopic (exact) mass is 303 g/mol. The van der Waals surface area contributed by atoms with Crippen LogP contribution in [0, 0.1) is 5.82 Å². The fraction of sp³-hybridized carbons (Fsp3) is 0.235. The quantitative estimate of drug-likeness (QED) is 0.892. The third-order valence-electron chi connectivity index (χ3n) is 3.18. The molecule has 0 aliphatic heterocycles. The van der Waals surface area contributed by atoms with E-state index in [4.69, 9.17) is 9.47 Å². The van der Waals surface area contributed by atoms with Gasteiger partial charge in [-0.05, 0) is 36.8 Å². The molecule has 0 spiro atoms. The number of ether oxygens (including phenoxy) is 2. The van der Waals surface area contributed by atoms with Crippen LogP contribution in [0.2, 0.25) is 0 Å². The SMILES string of the molecule is COc1ccccc1OCC(=O)N[C@H](C)c1ccc(F)cc1. The summed E-state index contributed by atoms with van der Waals surface area (Å²) in [6.45, 7) is 1.71. The lowest BCUT2D eigenvalue weighted by molar-refractivity contribution is -0.123. The molecular formula is C17H18FNO3. The molecule has 22 heavy (non-hydrogen) atoms. The van der Waals surface area contributed by atoms with E-state index in [1.54, 1.807) is 37.4 Å². The Morgan fingerprint density at radius 2 is 1.77 bits per heavy atom. The molecule has 2 aromatic rings. The Morgan fingerprint density at radius 1 is 1.14 bits per heavy atom. The Bertz CT molecular complexity index is 628. The van der Waals surface area contributed by atoms with Crippen LogP contribution in [0.5, 0.6) is 11.5 Å². The van der Waals surface area contributed by atoms with E-state index in [9.17, 15) is 9.18 Å². The van der Waals surface area contributed by atoms with Crippen molar-refractivity contribution in [2.24, 2.45) is 0 Å². The zero-order valence-corrected chi connectivity index (χ0v) is 12.5. The van der Waals surface area contributed by atoms with Gasteiger partial charge < -0.3 is 14.8 Å². The maximum Gasteiger partial charge on any atom is 0.258 e. The molecule has 0 saturated carbocycles. The number of hydrogen-bond donors (Lipinski definition) is 1. The molecule has 0 fully saturated rings. The first-order valence-corrected chi connectivity index (χ1v) is 6.91. The van der Waals surface area contributed by atoms with Crippen molar-refractivity contribution in [3.8, 4) is 11.5 Å². The number of rotatable bonds is 6. The second-order valence-electron chi connectivity index (χ2n) is 4.78. The molecule has 4 nitrogen and oxygen atoms in total. The second kappa shape index (κ2) is 7.45. The lowest BCUT2D eigenvalue weighted by Gasteiger charge is -2.15. The molecule has 0 radical (unpaired) electrons. The van der Waals surface area contributed by atoms with E-state index in [0.29, 0.717) is 11.5 Å². The van der Waals surface area contributed by atoms with Crippen LogP contribution in [-0.2, 0) is 4.79 Å². The minimum atomic E-state index is -0.304. The van der Waals surface area contributed by atoms with Gasteiger partial charge in [-0.25, -0.2) is 4.39 Å². The summed E-state index contributed by atoms with van der Waals surface area (Å²) >= 11 is 0. The highest BCUT2D eigenvalue weighted by molar-refractivity contribution is 5.78. The fourth-order valence-electron chi connectivity index (χ4n) is 2.00. The Hall–Kier alpha value is -2.56. The summed E-state index contributed by atoms with van der Waals surface area (Å²) < 4.78 is 23.5. The van der Waals surface area contributed by atoms with Crippen LogP contribution >= 0.6 is 0 Å². The molecule has 0 aliphatic rings. The van der Waals surface area contributed by atoms with Gasteiger partial charge in [0.25, 0.3) is 5.91 Å². The van der Waals surface area contributed by atoms with Crippen molar-refractivity contribution in [3.05, 3.63) is 59.9 Å². The average molecular weight is 303 g/mol. The topological polar surface area (TPSA) is 47.6 Å². The fourth-order valence-corrected chi connectivity index (χ4v) is 2.00. The molecule has 0 aromatic heterocycles. The van der Waals surface area contributed by atoms with E-state index >= 15 is 0 Å². The molecule has 116 valence electrons. The number of amides is 1. The Balaban J connectivity index is 1.88. The summed E-state index contributed by atoms with van der Waals surface area (Å²) in [6, 6.07) is 12.9. The summed E-state index contributed by atoms with van der Waals surface area (Å²) in [5.41, 5.74) is 0.826. The highest BCUT2D eigenvalue weighted by Crippen LogP contribution is 2.25. The smallest absolute Gasteiger partial charge is 0.258 e. The van der Waals surface area contributed by atoms with E-state index < -0.39 is 0 Å². The number of benzene rings is 2. The Kier molecular flexibility index (Phi) is 5.36. The predicted molar refractivity (Wildman–Crippen MR) is 81.4 cm³/mol. The van der Waals surface area contributed by atoms with Crippen LogP contribution in [0.4, 0.5) is 4.39 Å². The van der Waals surface area contributed by atoms with E-state index in [1.165, 1.54) is 12.1 Å². The van der Waals surface area contributed by atoms with Crippen LogP contribution < -0.4 is 14.8 Å². The van der Waals surface area contributed by atoms with Crippen molar-refractivity contribution >= 4 is 5.91 Å². The van der Waals surface area contributed by atoms with Crippen LogP contribution in [-0.4, -0.2) is 19.6 Å². The van der Waals surface area contributed by atoms with E-state index in [-0.39, 0.29) is 24.4 Å². The Labute approximate surface area is 128 Å². The molecule has 0 saturated heterocycles. The molecular weight excluding hydrogens is 285 g/mol. The second-order valence-corrected chi connectivity index (χ2v) is 4.78. The molecule has 0 aliphatic carbocycles. The maximum atomic E-state index is 12.9. The number of methoxy groups -OCH3 is 1. The van der Waals surface area contributed by atoms with Crippen molar-refractivity contribution in [1.82, 2.24) is 5.32 Å². The van der Waals surface area contributed by atoms with Gasteiger partial charge in [0.15, 0.2) is 18.1 Å². The predicted octanol–water partition coefficient (Wildman–Crippen LogP) is 3.09. The first-order chi connectivity index (χ1) is 10.6. The van der Waals surface area contributed by atoms with Gasteiger partial charge in [-0.2, -0.15) is 0 Å². The third-order valence-corrected chi connectivity index (χ3v) is 3.18. The van der Waals surface area contributed by atoms with E-state index in [0.717, 1.165) is 5.56 Å². The number of halogens is 1. The summed E-state index contributed by atoms with van der Waals surface area (Å²) in [4.78, 5) is 11.9. The molecule has 1 atom stereocenters. The summed E-state index contributed by atoms with van der Waals surface area (Å²) in [5.74, 6) is 0.515. The zero-order chi connectivity index (χ0) is 15.9. The first-order valence-electron chi connectivity index (χ1n) is 6.91. The number of hydrogen-bond acceptors (Lipinski definition) is 3. The minimum Gasteiger partial charge on any atom is -0.493 e. The zero-order valence-electron chi connectivity index (χ0n) is 12.5. The first kappa shape index (κ1) is 15.8. The van der Waals surface area contributed by atoms with Crippen LogP contribution in [0.3, 0.4) is 0 Å². The molecule has 1 N–H and O–H groups in total. The molecule has 0 unspecified atom stereocenters. The van der Waals surface area contributed by atoms with Gasteiger partial charge >= 0.3 is 0 Å². The maximum absolute atomic E-state index is 12.9. The lowest BCUT2D eigenvalue weighted by atomic mass is 10.1. The normalized spacial score (nSPS) is 11.6. The van der Waals surface area contributed by atoms with Gasteiger partial charge in [0.2, 0.25) is 0 Å². The van der Waals surface area contributed by atoms with Gasteiger partial charge in [0.1, 0.15) is 5.82 Å². The van der Waals surface area contributed by atoms with Crippen molar-refractivity contribution in [2.45, 2.75) is 13.0 Å². The number of para-hydroxylation sites is 2. The lowest BCUT2D eigenvalue weighted by Crippen LogP contribution is -2.31. The standard InChI is InChI=1S/C17H18FNO3/c1-12(13-7-9-14(18)10-8-13)19-17(20)11-22-16-6-4-3-5-15(16)21-2/h3-10,12H,11H2,1-2H3,(H,19,20)/t12-/m1/s1. The molecule has 0 heterocycles. The summed E-state index contributed by atoms with van der Waals surface area (Å²) in [5, 5.41) is 2.80. The molecule has 0 bridgehead atoms. The highest BCUT2D eigenvalue weighted by Gasteiger charge is 2.11. The van der Waals surface area contributed by atoms with Crippen molar-refractivity contribution < 1.29 is 18.7 Å². The van der Waals surface area contributed by atoms with Crippen LogP contribution in [0.25, 0.3) is 0 Å². The molecule has 2 rings (SSSR count). The number of nitrogens with one attached hydrogen (secondary N) is 1. The van der Waals surface area contributed by atoms with Gasteiger partial charge in [0, 0.05) is 0 Å². The van der Waals surface area contributed by atoms with Crippen molar-refractivity contribution in [1.29, 1.82) is 0 Å². The van der Waals surface area contributed by atoms with Crippen LogP contribution in [0.1, 0.15) is 18.5 Å². The van der Waals surface area contributed by atoms with Gasteiger partial charge in [0.05, 0.1) is 13.2 Å².